The second-order valence-electron chi connectivity index (χ2n) is 8.21. The molecule has 0 spiro atoms. The Balaban J connectivity index is 1.61. The molecule has 0 saturated carbocycles. The number of halogens is 1. The molecule has 0 aliphatic carbocycles. The number of aryl methyl sites for hydroxylation is 1. The predicted molar refractivity (Wildman–Crippen MR) is 135 cm³/mol. The molecule has 4 aromatic rings. The number of nitrogens with zero attached hydrogens (tertiary/aromatic N) is 4. The summed E-state index contributed by atoms with van der Waals surface area (Å²) in [5.74, 6) is 0. The normalized spacial score (nSPS) is 17.9. The highest BCUT2D eigenvalue weighted by Crippen LogP contribution is 2.42. The van der Waals surface area contributed by atoms with Crippen molar-refractivity contribution in [3.05, 3.63) is 112 Å². The van der Waals surface area contributed by atoms with Gasteiger partial charge in [-0.05, 0) is 86.2 Å². The number of aromatic nitrogens is 3. The van der Waals surface area contributed by atoms with Crippen molar-refractivity contribution in [1.29, 1.82) is 0 Å². The molecule has 2 atom stereocenters. The summed E-state index contributed by atoms with van der Waals surface area (Å²) in [7, 11) is 0. The second-order valence-corrected chi connectivity index (χ2v) is 9.04. The second kappa shape index (κ2) is 8.96. The molecule has 7 heteroatoms. The van der Waals surface area contributed by atoms with E-state index in [1.165, 1.54) is 11.3 Å². The van der Waals surface area contributed by atoms with E-state index < -0.39 is 0 Å². The highest BCUT2D eigenvalue weighted by atomic mass is 35.5. The minimum atomic E-state index is -0.0680. The van der Waals surface area contributed by atoms with E-state index in [9.17, 15) is 0 Å². The van der Waals surface area contributed by atoms with Crippen molar-refractivity contribution in [3.8, 4) is 5.69 Å². The van der Waals surface area contributed by atoms with Gasteiger partial charge >= 0.3 is 0 Å². The highest BCUT2D eigenvalue weighted by Gasteiger charge is 2.41. The van der Waals surface area contributed by atoms with Gasteiger partial charge in [-0.2, -0.15) is 0 Å². The minimum Gasteiger partial charge on any atom is -0.352 e. The van der Waals surface area contributed by atoms with Gasteiger partial charge in [0.2, 0.25) is 0 Å². The molecule has 1 aliphatic rings. The molecule has 166 valence electrons. The van der Waals surface area contributed by atoms with Gasteiger partial charge in [0.1, 0.15) is 0 Å². The summed E-state index contributed by atoms with van der Waals surface area (Å²) in [5, 5.41) is 4.96. The Labute approximate surface area is 204 Å². The molecule has 1 aliphatic heterocycles. The summed E-state index contributed by atoms with van der Waals surface area (Å²) in [6, 6.07) is 22.1. The Morgan fingerprint density at radius 1 is 0.970 bits per heavy atom. The van der Waals surface area contributed by atoms with Gasteiger partial charge in [-0.1, -0.05) is 23.7 Å². The van der Waals surface area contributed by atoms with Gasteiger partial charge in [0, 0.05) is 34.5 Å². The van der Waals surface area contributed by atoms with Crippen LogP contribution in [0.4, 0.5) is 0 Å². The first kappa shape index (κ1) is 21.6. The van der Waals surface area contributed by atoms with Crippen molar-refractivity contribution in [1.82, 2.24) is 24.8 Å². The summed E-state index contributed by atoms with van der Waals surface area (Å²) in [4.78, 5) is 11.4. The zero-order valence-electron chi connectivity index (χ0n) is 18.4. The fraction of sp³-hybridized carbons (Fsp3) is 0.192. The fourth-order valence-corrected chi connectivity index (χ4v) is 5.09. The number of pyridine rings is 2. The summed E-state index contributed by atoms with van der Waals surface area (Å²) in [6.45, 7) is 4.91. The minimum absolute atomic E-state index is 0.0262. The predicted octanol–water partition coefficient (Wildman–Crippen LogP) is 5.71. The van der Waals surface area contributed by atoms with Crippen LogP contribution < -0.4 is 5.32 Å². The first-order valence-electron chi connectivity index (χ1n) is 10.9. The average Bonchev–Trinajstić information content (AvgIpc) is 3.31. The van der Waals surface area contributed by atoms with Crippen LogP contribution in [0.1, 0.15) is 40.4 Å². The average molecular weight is 474 g/mol. The summed E-state index contributed by atoms with van der Waals surface area (Å²) >= 11 is 12.0. The van der Waals surface area contributed by atoms with Crippen LogP contribution in [0, 0.1) is 13.8 Å². The van der Waals surface area contributed by atoms with Crippen LogP contribution in [0.5, 0.6) is 0 Å². The summed E-state index contributed by atoms with van der Waals surface area (Å²) in [6.07, 6.45) is 3.65. The van der Waals surface area contributed by atoms with Gasteiger partial charge in [-0.15, -0.1) is 0 Å². The van der Waals surface area contributed by atoms with Crippen molar-refractivity contribution in [2.24, 2.45) is 0 Å². The molecule has 0 amide bonds. The molecule has 5 nitrogen and oxygen atoms in total. The van der Waals surface area contributed by atoms with Gasteiger partial charge in [-0.3, -0.25) is 9.97 Å². The maximum atomic E-state index is 6.14. The summed E-state index contributed by atoms with van der Waals surface area (Å²) < 4.78 is 2.27. The van der Waals surface area contributed by atoms with Crippen LogP contribution in [0.3, 0.4) is 0 Å². The van der Waals surface area contributed by atoms with Crippen LogP contribution >= 0.6 is 23.8 Å². The number of thiocarbonyl (C=S) groups is 1. The molecule has 4 heterocycles. The highest BCUT2D eigenvalue weighted by molar-refractivity contribution is 7.80. The van der Waals surface area contributed by atoms with E-state index in [2.05, 4.69) is 50.7 Å². The van der Waals surface area contributed by atoms with Gasteiger partial charge in [0.05, 0.1) is 30.0 Å². The first-order chi connectivity index (χ1) is 16.0. The van der Waals surface area contributed by atoms with E-state index in [1.807, 2.05) is 67.0 Å². The molecule has 5 rings (SSSR count). The van der Waals surface area contributed by atoms with Crippen molar-refractivity contribution in [2.75, 3.05) is 0 Å². The van der Waals surface area contributed by atoms with Crippen molar-refractivity contribution >= 4 is 28.9 Å². The first-order valence-corrected chi connectivity index (χ1v) is 11.6. The van der Waals surface area contributed by atoms with Crippen LogP contribution in [-0.4, -0.2) is 24.5 Å². The topological polar surface area (TPSA) is 46.0 Å². The Morgan fingerprint density at radius 2 is 1.70 bits per heavy atom. The zero-order chi connectivity index (χ0) is 22.9. The molecule has 1 N–H and O–H groups in total. The molecule has 0 unspecified atom stereocenters. The monoisotopic (exact) mass is 473 g/mol. The van der Waals surface area contributed by atoms with E-state index >= 15 is 0 Å². The van der Waals surface area contributed by atoms with E-state index in [-0.39, 0.29) is 12.1 Å². The third-order valence-electron chi connectivity index (χ3n) is 6.13. The Kier molecular flexibility index (Phi) is 5.87. The van der Waals surface area contributed by atoms with E-state index in [0.29, 0.717) is 11.7 Å². The lowest BCUT2D eigenvalue weighted by Gasteiger charge is -2.28. The van der Waals surface area contributed by atoms with Crippen molar-refractivity contribution in [2.45, 2.75) is 32.5 Å². The maximum Gasteiger partial charge on any atom is 0.170 e. The number of rotatable bonds is 5. The Hall–Kier alpha value is -3.22. The van der Waals surface area contributed by atoms with Gasteiger partial charge in [0.15, 0.2) is 5.11 Å². The van der Waals surface area contributed by atoms with E-state index in [0.717, 1.165) is 27.8 Å². The molecule has 33 heavy (non-hydrogen) atoms. The van der Waals surface area contributed by atoms with Crippen LogP contribution in [0.25, 0.3) is 5.69 Å². The smallest absolute Gasteiger partial charge is 0.170 e. The molecular formula is C26H24ClN5S. The molecule has 3 aromatic heterocycles. The molecule has 1 aromatic carbocycles. The lowest BCUT2D eigenvalue weighted by atomic mass is 9.96. The van der Waals surface area contributed by atoms with E-state index in [4.69, 9.17) is 23.8 Å². The molecule has 0 bridgehead atoms. The Morgan fingerprint density at radius 3 is 2.36 bits per heavy atom. The fourth-order valence-electron chi connectivity index (χ4n) is 4.66. The standard InChI is InChI=1S/C26H24ClN5S/c1-17-15-22(18(2)32(17)21-11-9-19(27)10-12-21)25-24(23-8-4-6-14-29-23)30-26(33)31(25)16-20-7-3-5-13-28-20/h3-15,24-25H,16H2,1-2H3,(H,30,33)/t24-,25-/m0/s1. The van der Waals surface area contributed by atoms with Crippen molar-refractivity contribution in [3.63, 3.8) is 0 Å². The number of benzene rings is 1. The molecule has 1 saturated heterocycles. The van der Waals surface area contributed by atoms with Gasteiger partial charge in [0.25, 0.3) is 0 Å². The third kappa shape index (κ3) is 4.12. The van der Waals surface area contributed by atoms with Gasteiger partial charge in [-0.25, -0.2) is 0 Å². The lowest BCUT2D eigenvalue weighted by molar-refractivity contribution is 0.307. The van der Waals surface area contributed by atoms with E-state index in [1.54, 1.807) is 0 Å². The maximum absolute atomic E-state index is 6.14. The lowest BCUT2D eigenvalue weighted by Crippen LogP contribution is -2.29. The Bertz CT molecular complexity index is 1270. The zero-order valence-corrected chi connectivity index (χ0v) is 20.0. The number of hydrogen-bond donors (Lipinski definition) is 1. The van der Waals surface area contributed by atoms with Crippen molar-refractivity contribution < 1.29 is 0 Å². The number of nitrogens with one attached hydrogen (secondary N) is 1. The van der Waals surface area contributed by atoms with Crippen LogP contribution in [0.2, 0.25) is 5.02 Å². The quantitative estimate of drug-likeness (QED) is 0.376. The SMILES string of the molecule is Cc1cc([C@H]2[C@H](c3ccccn3)NC(=S)N2Cc2ccccn2)c(C)n1-c1ccc(Cl)cc1. The third-order valence-corrected chi connectivity index (χ3v) is 6.73. The van der Waals surface area contributed by atoms with Crippen LogP contribution in [0.15, 0.2) is 79.1 Å². The largest absolute Gasteiger partial charge is 0.352 e. The molecular weight excluding hydrogens is 450 g/mol. The van der Waals surface area contributed by atoms with Crippen LogP contribution in [-0.2, 0) is 6.54 Å². The molecule has 0 radical (unpaired) electrons. The molecule has 1 fully saturated rings. The summed E-state index contributed by atoms with van der Waals surface area (Å²) in [5.41, 5.74) is 6.55. The van der Waals surface area contributed by atoms with Gasteiger partial charge < -0.3 is 14.8 Å². The number of hydrogen-bond acceptors (Lipinski definition) is 3.